The van der Waals surface area contributed by atoms with Gasteiger partial charge in [0, 0.05) is 17.7 Å². The standard InChI is InChI=1S/C17H18N2O5/c1-12(14-6-9-16(22-2)17(10-14)23-3)18-24-11-13-4-7-15(8-5-13)19(20)21/h4-10H,11H2,1-3H3/b18-12-. The summed E-state index contributed by atoms with van der Waals surface area (Å²) in [5, 5.41) is 14.7. The third-order valence-electron chi connectivity index (χ3n) is 3.38. The van der Waals surface area contributed by atoms with E-state index >= 15 is 0 Å². The Bertz CT molecular complexity index is 741. The van der Waals surface area contributed by atoms with Gasteiger partial charge in [-0.1, -0.05) is 5.16 Å². The molecule has 7 nitrogen and oxygen atoms in total. The highest BCUT2D eigenvalue weighted by Crippen LogP contribution is 2.27. The van der Waals surface area contributed by atoms with Crippen molar-refractivity contribution in [1.29, 1.82) is 0 Å². The van der Waals surface area contributed by atoms with Gasteiger partial charge in [-0.25, -0.2) is 0 Å². The molecule has 0 N–H and O–H groups in total. The maximum Gasteiger partial charge on any atom is 0.269 e. The molecule has 0 spiro atoms. The summed E-state index contributed by atoms with van der Waals surface area (Å²) >= 11 is 0. The third kappa shape index (κ3) is 4.22. The number of methoxy groups -OCH3 is 2. The van der Waals surface area contributed by atoms with E-state index in [1.54, 1.807) is 32.4 Å². The molecule has 0 fully saturated rings. The van der Waals surface area contributed by atoms with Gasteiger partial charge in [-0.3, -0.25) is 10.1 Å². The number of nitrogens with zero attached hydrogens (tertiary/aromatic N) is 2. The predicted octanol–water partition coefficient (Wildman–Crippen LogP) is 3.55. The summed E-state index contributed by atoms with van der Waals surface area (Å²) in [7, 11) is 3.14. The molecule has 0 saturated heterocycles. The fraction of sp³-hybridized carbons (Fsp3) is 0.235. The van der Waals surface area contributed by atoms with Gasteiger partial charge in [0.1, 0.15) is 6.61 Å². The number of hydrogen-bond acceptors (Lipinski definition) is 6. The van der Waals surface area contributed by atoms with Crippen molar-refractivity contribution in [3.8, 4) is 11.5 Å². The molecular formula is C17H18N2O5. The van der Waals surface area contributed by atoms with Crippen LogP contribution in [0.1, 0.15) is 18.1 Å². The van der Waals surface area contributed by atoms with Crippen molar-refractivity contribution in [3.05, 3.63) is 63.7 Å². The minimum atomic E-state index is -0.440. The van der Waals surface area contributed by atoms with Gasteiger partial charge in [0.15, 0.2) is 11.5 Å². The molecule has 24 heavy (non-hydrogen) atoms. The Hall–Kier alpha value is -3.09. The van der Waals surface area contributed by atoms with Gasteiger partial charge >= 0.3 is 0 Å². The number of nitro benzene ring substituents is 1. The quantitative estimate of drug-likeness (QED) is 0.440. The first-order valence-corrected chi connectivity index (χ1v) is 7.17. The Morgan fingerprint density at radius 3 is 2.33 bits per heavy atom. The maximum atomic E-state index is 10.6. The number of ether oxygens (including phenoxy) is 2. The zero-order valence-corrected chi connectivity index (χ0v) is 13.7. The fourth-order valence-electron chi connectivity index (χ4n) is 2.03. The van der Waals surface area contributed by atoms with E-state index in [0.717, 1.165) is 11.1 Å². The second-order valence-electron chi connectivity index (χ2n) is 4.94. The van der Waals surface area contributed by atoms with Gasteiger partial charge < -0.3 is 14.3 Å². The minimum absolute atomic E-state index is 0.0451. The number of benzene rings is 2. The third-order valence-corrected chi connectivity index (χ3v) is 3.38. The Balaban J connectivity index is 2.02. The molecule has 0 amide bonds. The van der Waals surface area contributed by atoms with Crippen LogP contribution >= 0.6 is 0 Å². The SMILES string of the molecule is COc1ccc(/C(C)=N\OCc2ccc([N+](=O)[O-])cc2)cc1OC. The fourth-order valence-corrected chi connectivity index (χ4v) is 2.03. The number of hydrogen-bond donors (Lipinski definition) is 0. The molecule has 2 rings (SSSR count). The van der Waals surface area contributed by atoms with Gasteiger partial charge in [-0.15, -0.1) is 0 Å². The van der Waals surface area contributed by atoms with Crippen LogP contribution in [0.5, 0.6) is 11.5 Å². The molecule has 0 unspecified atom stereocenters. The van der Waals surface area contributed by atoms with Gasteiger partial charge in [0.2, 0.25) is 0 Å². The monoisotopic (exact) mass is 330 g/mol. The van der Waals surface area contributed by atoms with Crippen LogP contribution in [0.25, 0.3) is 0 Å². The summed E-state index contributed by atoms with van der Waals surface area (Å²) in [6.45, 7) is 2.04. The van der Waals surface area contributed by atoms with Crippen LogP contribution in [0.3, 0.4) is 0 Å². The van der Waals surface area contributed by atoms with E-state index in [9.17, 15) is 10.1 Å². The predicted molar refractivity (Wildman–Crippen MR) is 89.6 cm³/mol. The Morgan fingerprint density at radius 2 is 1.75 bits per heavy atom. The Morgan fingerprint density at radius 1 is 1.08 bits per heavy atom. The number of non-ortho nitro benzene ring substituents is 1. The van der Waals surface area contributed by atoms with Gasteiger partial charge in [0.25, 0.3) is 5.69 Å². The van der Waals surface area contributed by atoms with E-state index in [1.165, 1.54) is 12.1 Å². The number of nitro groups is 1. The van der Waals surface area contributed by atoms with E-state index < -0.39 is 4.92 Å². The van der Waals surface area contributed by atoms with Crippen molar-refractivity contribution in [2.24, 2.45) is 5.16 Å². The smallest absolute Gasteiger partial charge is 0.269 e. The normalized spacial score (nSPS) is 11.0. The Kier molecular flexibility index (Phi) is 5.73. The number of rotatable bonds is 7. The van der Waals surface area contributed by atoms with Crippen molar-refractivity contribution in [1.82, 2.24) is 0 Å². The molecule has 0 bridgehead atoms. The van der Waals surface area contributed by atoms with Crippen molar-refractivity contribution in [2.75, 3.05) is 14.2 Å². The lowest BCUT2D eigenvalue weighted by Gasteiger charge is -2.09. The van der Waals surface area contributed by atoms with Crippen LogP contribution < -0.4 is 9.47 Å². The van der Waals surface area contributed by atoms with Crippen LogP contribution in [0.15, 0.2) is 47.6 Å². The van der Waals surface area contributed by atoms with E-state index in [2.05, 4.69) is 5.16 Å². The molecule has 0 aliphatic carbocycles. The van der Waals surface area contributed by atoms with E-state index in [0.29, 0.717) is 17.2 Å². The van der Waals surface area contributed by atoms with E-state index in [-0.39, 0.29) is 12.3 Å². The summed E-state index contributed by atoms with van der Waals surface area (Å²) in [6.07, 6.45) is 0. The van der Waals surface area contributed by atoms with Gasteiger partial charge in [-0.2, -0.15) is 0 Å². The van der Waals surface area contributed by atoms with Crippen LogP contribution in [0.2, 0.25) is 0 Å². The molecule has 0 aliphatic rings. The second kappa shape index (κ2) is 7.96. The lowest BCUT2D eigenvalue weighted by atomic mass is 10.1. The lowest BCUT2D eigenvalue weighted by Crippen LogP contribution is -1.99. The molecule has 7 heteroatoms. The molecule has 0 heterocycles. The van der Waals surface area contributed by atoms with Gasteiger partial charge in [-0.05, 0) is 42.8 Å². The highest BCUT2D eigenvalue weighted by atomic mass is 16.6. The van der Waals surface area contributed by atoms with Crippen LogP contribution in [0, 0.1) is 10.1 Å². The van der Waals surface area contributed by atoms with Crippen LogP contribution in [0.4, 0.5) is 5.69 Å². The lowest BCUT2D eigenvalue weighted by molar-refractivity contribution is -0.384. The zero-order chi connectivity index (χ0) is 17.5. The first-order valence-electron chi connectivity index (χ1n) is 7.17. The van der Waals surface area contributed by atoms with Crippen molar-refractivity contribution in [3.63, 3.8) is 0 Å². The summed E-state index contributed by atoms with van der Waals surface area (Å²) in [6, 6.07) is 11.6. The molecule has 126 valence electrons. The molecule has 0 aliphatic heterocycles. The first-order chi connectivity index (χ1) is 11.5. The van der Waals surface area contributed by atoms with Crippen molar-refractivity contribution in [2.45, 2.75) is 13.5 Å². The highest BCUT2D eigenvalue weighted by Gasteiger charge is 2.07. The zero-order valence-electron chi connectivity index (χ0n) is 13.7. The molecule has 0 atom stereocenters. The average Bonchev–Trinajstić information content (AvgIpc) is 2.61. The molecule has 2 aromatic carbocycles. The maximum absolute atomic E-state index is 10.6. The van der Waals surface area contributed by atoms with E-state index in [4.69, 9.17) is 14.3 Å². The molecular weight excluding hydrogens is 312 g/mol. The van der Waals surface area contributed by atoms with Crippen LogP contribution in [-0.2, 0) is 11.4 Å². The second-order valence-corrected chi connectivity index (χ2v) is 4.94. The summed E-state index contributed by atoms with van der Waals surface area (Å²) in [4.78, 5) is 15.5. The number of oxime groups is 1. The molecule has 0 saturated carbocycles. The van der Waals surface area contributed by atoms with Crippen LogP contribution in [-0.4, -0.2) is 24.9 Å². The summed E-state index contributed by atoms with van der Waals surface area (Å²) in [5.41, 5.74) is 2.36. The Labute approximate surface area is 139 Å². The summed E-state index contributed by atoms with van der Waals surface area (Å²) < 4.78 is 10.4. The first kappa shape index (κ1) is 17.3. The van der Waals surface area contributed by atoms with Crippen molar-refractivity contribution < 1.29 is 19.2 Å². The largest absolute Gasteiger partial charge is 0.493 e. The van der Waals surface area contributed by atoms with Crippen molar-refractivity contribution >= 4 is 11.4 Å². The minimum Gasteiger partial charge on any atom is -0.493 e. The molecule has 0 radical (unpaired) electrons. The molecule has 2 aromatic rings. The van der Waals surface area contributed by atoms with E-state index in [1.807, 2.05) is 19.1 Å². The summed E-state index contributed by atoms with van der Waals surface area (Å²) in [5.74, 6) is 1.25. The average molecular weight is 330 g/mol. The molecule has 0 aromatic heterocycles. The van der Waals surface area contributed by atoms with Gasteiger partial charge in [0.05, 0.1) is 24.9 Å². The topological polar surface area (TPSA) is 83.2 Å². The highest BCUT2D eigenvalue weighted by molar-refractivity contribution is 5.98.